The largest absolute Gasteiger partial charge is 0.355 e. The van der Waals surface area contributed by atoms with Crippen molar-refractivity contribution < 1.29 is 0 Å². The second-order valence-electron chi connectivity index (χ2n) is 7.72. The Morgan fingerprint density at radius 2 is 1.93 bits per heavy atom. The lowest BCUT2D eigenvalue weighted by molar-refractivity contribution is 0.322. The molecule has 142 valence electrons. The molecule has 0 atom stereocenters. The summed E-state index contributed by atoms with van der Waals surface area (Å²) in [6.07, 6.45) is 10.7. The van der Waals surface area contributed by atoms with Gasteiger partial charge in [0.2, 0.25) is 0 Å². The van der Waals surface area contributed by atoms with Gasteiger partial charge in [-0.3, -0.25) is 14.8 Å². The summed E-state index contributed by atoms with van der Waals surface area (Å²) < 4.78 is 0. The maximum atomic E-state index is 12.7. The van der Waals surface area contributed by atoms with Crippen molar-refractivity contribution in [2.24, 2.45) is 0 Å². The summed E-state index contributed by atoms with van der Waals surface area (Å²) >= 11 is 0. The predicted molar refractivity (Wildman–Crippen MR) is 106 cm³/mol. The van der Waals surface area contributed by atoms with Crippen LogP contribution >= 0.6 is 0 Å². The molecule has 5 rings (SSSR count). The van der Waals surface area contributed by atoms with Crippen molar-refractivity contribution in [2.75, 3.05) is 18.0 Å². The molecule has 2 aliphatic rings. The van der Waals surface area contributed by atoms with Crippen LogP contribution in [0.15, 0.2) is 41.7 Å². The molecule has 3 aromatic heterocycles. The van der Waals surface area contributed by atoms with Crippen LogP contribution in [0.1, 0.15) is 36.2 Å². The Balaban J connectivity index is 1.48. The van der Waals surface area contributed by atoms with E-state index in [1.807, 2.05) is 19.1 Å². The number of hydrogen-bond acceptors (Lipinski definition) is 6. The predicted octanol–water partition coefficient (Wildman–Crippen LogP) is 2.41. The van der Waals surface area contributed by atoms with E-state index in [-0.39, 0.29) is 11.0 Å². The first kappa shape index (κ1) is 17.0. The molecule has 1 fully saturated rings. The first-order valence-corrected chi connectivity index (χ1v) is 9.73. The van der Waals surface area contributed by atoms with Crippen LogP contribution in [0.25, 0.3) is 11.4 Å². The van der Waals surface area contributed by atoms with Gasteiger partial charge in [-0.15, -0.1) is 0 Å². The number of rotatable bonds is 2. The Hall–Kier alpha value is -3.09. The molecule has 0 bridgehead atoms. The third-order valence-corrected chi connectivity index (χ3v) is 6.18. The van der Waals surface area contributed by atoms with Gasteiger partial charge >= 0.3 is 0 Å². The third kappa shape index (κ3) is 2.69. The smallest absolute Gasteiger partial charge is 0.254 e. The van der Waals surface area contributed by atoms with Gasteiger partial charge in [0.1, 0.15) is 11.6 Å². The second kappa shape index (κ2) is 6.51. The summed E-state index contributed by atoms with van der Waals surface area (Å²) in [5.74, 6) is 1.58. The van der Waals surface area contributed by atoms with E-state index >= 15 is 0 Å². The van der Waals surface area contributed by atoms with E-state index in [1.165, 1.54) is 0 Å². The lowest BCUT2D eigenvalue weighted by Crippen LogP contribution is -2.43. The molecular weight excluding hydrogens is 352 g/mol. The molecule has 1 aliphatic heterocycles. The maximum Gasteiger partial charge on any atom is 0.254 e. The molecule has 4 heterocycles. The Kier molecular flexibility index (Phi) is 3.96. The van der Waals surface area contributed by atoms with Crippen molar-refractivity contribution in [1.82, 2.24) is 24.9 Å². The fraction of sp³-hybridized carbons (Fsp3) is 0.381. The van der Waals surface area contributed by atoms with Crippen molar-refractivity contribution >= 4 is 5.82 Å². The fourth-order valence-corrected chi connectivity index (χ4v) is 4.63. The van der Waals surface area contributed by atoms with E-state index in [2.05, 4.69) is 24.8 Å². The minimum atomic E-state index is -0.0207. The third-order valence-electron chi connectivity index (χ3n) is 6.18. The van der Waals surface area contributed by atoms with Gasteiger partial charge in [0.15, 0.2) is 0 Å². The molecule has 3 aromatic rings. The van der Waals surface area contributed by atoms with Crippen LogP contribution in [-0.4, -0.2) is 38.0 Å². The van der Waals surface area contributed by atoms with E-state index < -0.39 is 0 Å². The monoisotopic (exact) mass is 374 g/mol. The zero-order valence-electron chi connectivity index (χ0n) is 15.9. The van der Waals surface area contributed by atoms with Crippen LogP contribution in [0.3, 0.4) is 0 Å². The summed E-state index contributed by atoms with van der Waals surface area (Å²) in [6, 6.07) is 3.79. The summed E-state index contributed by atoms with van der Waals surface area (Å²) in [4.78, 5) is 36.0. The first-order valence-electron chi connectivity index (χ1n) is 9.73. The van der Waals surface area contributed by atoms with Gasteiger partial charge < -0.3 is 9.88 Å². The van der Waals surface area contributed by atoms with Gasteiger partial charge in [-0.05, 0) is 44.7 Å². The number of nitrogens with one attached hydrogen (secondary N) is 1. The molecule has 1 saturated heterocycles. The average Bonchev–Trinajstić information content (AvgIpc) is 3.08. The summed E-state index contributed by atoms with van der Waals surface area (Å²) in [5.41, 5.74) is 3.62. The molecule has 7 heteroatoms. The van der Waals surface area contributed by atoms with Crippen molar-refractivity contribution in [3.05, 3.63) is 64.2 Å². The van der Waals surface area contributed by atoms with Gasteiger partial charge in [-0.2, -0.15) is 0 Å². The molecular formula is C21H22N6O. The van der Waals surface area contributed by atoms with Crippen molar-refractivity contribution in [2.45, 2.75) is 38.0 Å². The minimum absolute atomic E-state index is 0.00655. The number of H-pyrrole nitrogens is 1. The molecule has 0 saturated carbocycles. The average molecular weight is 374 g/mol. The maximum absolute atomic E-state index is 12.7. The van der Waals surface area contributed by atoms with Crippen LogP contribution in [0.4, 0.5) is 5.82 Å². The van der Waals surface area contributed by atoms with Gasteiger partial charge in [0.25, 0.3) is 5.56 Å². The van der Waals surface area contributed by atoms with Crippen molar-refractivity contribution in [3.8, 4) is 11.4 Å². The van der Waals surface area contributed by atoms with Gasteiger partial charge in [0, 0.05) is 54.4 Å². The van der Waals surface area contributed by atoms with Crippen LogP contribution < -0.4 is 10.5 Å². The molecule has 1 spiro atoms. The first-order chi connectivity index (χ1) is 13.7. The standard InChI is InChI=1S/C21H22N6O/c1-14-19(24-10-9-23-14)27-11-6-21(7-12-27)5-4-16-17(21)25-18(26-20(16)28)15-3-2-8-22-13-15/h2-3,8-10,13H,4-7,11-12H2,1H3,(H,25,26,28). The van der Waals surface area contributed by atoms with Crippen molar-refractivity contribution in [1.29, 1.82) is 0 Å². The topological polar surface area (TPSA) is 87.7 Å². The van der Waals surface area contributed by atoms with Crippen LogP contribution in [0.2, 0.25) is 0 Å². The summed E-state index contributed by atoms with van der Waals surface area (Å²) in [5, 5.41) is 0. The highest BCUT2D eigenvalue weighted by Gasteiger charge is 2.44. The van der Waals surface area contributed by atoms with E-state index in [1.54, 1.807) is 24.8 Å². The Morgan fingerprint density at radius 1 is 1.11 bits per heavy atom. The lowest BCUT2D eigenvalue weighted by Gasteiger charge is -2.40. The number of piperidine rings is 1. The zero-order valence-corrected chi connectivity index (χ0v) is 15.9. The van der Waals surface area contributed by atoms with E-state index in [9.17, 15) is 4.79 Å². The van der Waals surface area contributed by atoms with E-state index in [0.717, 1.165) is 67.1 Å². The van der Waals surface area contributed by atoms with Crippen LogP contribution in [0, 0.1) is 6.92 Å². The minimum Gasteiger partial charge on any atom is -0.355 e. The Bertz CT molecular complexity index is 1070. The van der Waals surface area contributed by atoms with E-state index in [0.29, 0.717) is 5.82 Å². The number of hydrogen-bond donors (Lipinski definition) is 1. The quantitative estimate of drug-likeness (QED) is 0.741. The fourth-order valence-electron chi connectivity index (χ4n) is 4.63. The number of pyridine rings is 1. The number of aromatic nitrogens is 5. The highest BCUT2D eigenvalue weighted by atomic mass is 16.1. The zero-order chi connectivity index (χ0) is 19.1. The molecule has 28 heavy (non-hydrogen) atoms. The number of anilines is 1. The molecule has 0 amide bonds. The number of nitrogens with zero attached hydrogens (tertiary/aromatic N) is 5. The summed E-state index contributed by atoms with van der Waals surface area (Å²) in [7, 11) is 0. The van der Waals surface area contributed by atoms with Gasteiger partial charge in [-0.1, -0.05) is 0 Å². The number of fused-ring (bicyclic) bond motifs is 2. The molecule has 0 aromatic carbocycles. The molecule has 1 aliphatic carbocycles. The van der Waals surface area contributed by atoms with Crippen molar-refractivity contribution in [3.63, 3.8) is 0 Å². The number of aryl methyl sites for hydroxylation is 1. The van der Waals surface area contributed by atoms with Gasteiger partial charge in [-0.25, -0.2) is 9.97 Å². The second-order valence-corrected chi connectivity index (χ2v) is 7.72. The lowest BCUT2D eigenvalue weighted by atomic mass is 9.76. The van der Waals surface area contributed by atoms with E-state index in [4.69, 9.17) is 4.98 Å². The summed E-state index contributed by atoms with van der Waals surface area (Å²) in [6.45, 7) is 3.80. The van der Waals surface area contributed by atoms with Crippen LogP contribution in [-0.2, 0) is 11.8 Å². The SMILES string of the molecule is Cc1nccnc1N1CCC2(CCc3c2nc(-c2cccnc2)[nH]c3=O)CC1. The Morgan fingerprint density at radius 3 is 2.68 bits per heavy atom. The highest BCUT2D eigenvalue weighted by Crippen LogP contribution is 2.45. The molecule has 7 nitrogen and oxygen atoms in total. The highest BCUT2D eigenvalue weighted by molar-refractivity contribution is 5.54. The normalized spacial score (nSPS) is 17.7. The molecule has 0 unspecified atom stereocenters. The van der Waals surface area contributed by atoms with Crippen LogP contribution in [0.5, 0.6) is 0 Å². The molecule has 1 N–H and O–H groups in total. The molecule has 0 radical (unpaired) electrons. The Labute approximate surface area is 162 Å². The number of aromatic amines is 1. The van der Waals surface area contributed by atoms with Gasteiger partial charge in [0.05, 0.1) is 11.4 Å².